The molecule has 2 aromatic heterocycles. The van der Waals surface area contributed by atoms with Gasteiger partial charge in [0.05, 0.1) is 19.0 Å². The lowest BCUT2D eigenvalue weighted by Crippen LogP contribution is -2.23. The Morgan fingerprint density at radius 3 is 2.64 bits per heavy atom. The van der Waals surface area contributed by atoms with Crippen LogP contribution < -0.4 is 15.7 Å². The van der Waals surface area contributed by atoms with Gasteiger partial charge in [-0.2, -0.15) is 4.98 Å². The summed E-state index contributed by atoms with van der Waals surface area (Å²) >= 11 is 0. The number of nitrogens with zero attached hydrogens (tertiary/aromatic N) is 4. The number of nitrogens with one attached hydrogen (secondary N) is 1. The molecule has 33 heavy (non-hydrogen) atoms. The third kappa shape index (κ3) is 5.22. The second kappa shape index (κ2) is 11.3. The van der Waals surface area contributed by atoms with Gasteiger partial charge in [0.15, 0.2) is 5.65 Å². The predicted molar refractivity (Wildman–Crippen MR) is 130 cm³/mol. The first kappa shape index (κ1) is 24.0. The molecule has 0 bridgehead atoms. The zero-order valence-electron chi connectivity index (χ0n) is 19.5. The Morgan fingerprint density at radius 2 is 1.91 bits per heavy atom. The molecule has 0 atom stereocenters. The molecule has 0 saturated heterocycles. The Bertz CT molecular complexity index is 1270. The van der Waals surface area contributed by atoms with Crippen molar-refractivity contribution in [2.75, 3.05) is 19.0 Å². The highest BCUT2D eigenvalue weighted by Gasteiger charge is 2.17. The van der Waals surface area contributed by atoms with E-state index in [9.17, 15) is 9.18 Å². The third-order valence-corrected chi connectivity index (χ3v) is 5.07. The van der Waals surface area contributed by atoms with Crippen molar-refractivity contribution in [2.45, 2.75) is 40.2 Å². The lowest BCUT2D eigenvalue weighted by Gasteiger charge is -2.08. The molecule has 0 aliphatic heterocycles. The molecule has 0 aliphatic rings. The number of aromatic nitrogens is 4. The van der Waals surface area contributed by atoms with Crippen molar-refractivity contribution < 1.29 is 9.13 Å². The SMILES string of the molecule is CC.CCCn1c(=O)n(-c2cccc(OC)c2)c2nc(NCCc3ccccc3F)ncc21. The van der Waals surface area contributed by atoms with E-state index in [4.69, 9.17) is 4.74 Å². The maximum atomic E-state index is 13.8. The minimum atomic E-state index is -0.232. The lowest BCUT2D eigenvalue weighted by molar-refractivity contribution is 0.414. The molecule has 2 heterocycles. The van der Waals surface area contributed by atoms with Gasteiger partial charge in [-0.3, -0.25) is 4.57 Å². The number of fused-ring (bicyclic) bond motifs is 1. The first-order valence-electron chi connectivity index (χ1n) is 11.2. The minimum absolute atomic E-state index is 0.178. The van der Waals surface area contributed by atoms with Crippen molar-refractivity contribution in [2.24, 2.45) is 0 Å². The smallest absolute Gasteiger partial charge is 0.335 e. The Kier molecular flexibility index (Phi) is 8.18. The maximum absolute atomic E-state index is 13.8. The summed E-state index contributed by atoms with van der Waals surface area (Å²) in [5.74, 6) is 0.802. The standard InChI is InChI=1S/C23H24FN5O2.C2H6/c1-3-13-28-20-15-26-22(25-12-11-16-7-4-5-10-19(16)24)27-21(20)29(23(28)30)17-8-6-9-18(14-17)31-2;1-2/h4-10,14-15H,3,11-13H2,1-2H3,(H,25,26,27);1-2H3. The monoisotopic (exact) mass is 451 g/mol. The number of ether oxygens (including phenoxy) is 1. The first-order chi connectivity index (χ1) is 16.1. The zero-order valence-corrected chi connectivity index (χ0v) is 19.5. The second-order valence-electron chi connectivity index (χ2n) is 7.14. The summed E-state index contributed by atoms with van der Waals surface area (Å²) in [5.41, 5.74) is 2.28. The van der Waals surface area contributed by atoms with Crippen LogP contribution in [0.4, 0.5) is 10.3 Å². The van der Waals surface area contributed by atoms with Crippen LogP contribution in [-0.2, 0) is 13.0 Å². The summed E-state index contributed by atoms with van der Waals surface area (Å²) < 4.78 is 22.4. The first-order valence-corrected chi connectivity index (χ1v) is 11.2. The molecule has 0 saturated carbocycles. The fourth-order valence-corrected chi connectivity index (χ4v) is 3.55. The Hall–Kier alpha value is -3.68. The summed E-state index contributed by atoms with van der Waals surface area (Å²) in [4.78, 5) is 22.2. The van der Waals surface area contributed by atoms with Crippen molar-refractivity contribution >= 4 is 17.1 Å². The molecule has 7 nitrogen and oxygen atoms in total. The topological polar surface area (TPSA) is 74.0 Å². The van der Waals surface area contributed by atoms with E-state index in [-0.39, 0.29) is 11.5 Å². The molecule has 0 unspecified atom stereocenters. The van der Waals surface area contributed by atoms with Crippen molar-refractivity contribution in [3.63, 3.8) is 0 Å². The van der Waals surface area contributed by atoms with Crippen LogP contribution in [0, 0.1) is 5.82 Å². The molecule has 0 aliphatic carbocycles. The van der Waals surface area contributed by atoms with Gasteiger partial charge in [-0.25, -0.2) is 18.7 Å². The molecule has 1 N–H and O–H groups in total. The molecule has 4 rings (SSSR count). The number of anilines is 1. The molecular formula is C25H30FN5O2. The van der Waals surface area contributed by atoms with Crippen molar-refractivity contribution in [3.05, 3.63) is 76.6 Å². The van der Waals surface area contributed by atoms with E-state index in [2.05, 4.69) is 15.3 Å². The van der Waals surface area contributed by atoms with Crippen molar-refractivity contribution in [1.29, 1.82) is 0 Å². The number of aryl methyl sites for hydroxylation is 1. The van der Waals surface area contributed by atoms with E-state index >= 15 is 0 Å². The Morgan fingerprint density at radius 1 is 1.12 bits per heavy atom. The quantitative estimate of drug-likeness (QED) is 0.416. The molecule has 2 aromatic carbocycles. The minimum Gasteiger partial charge on any atom is -0.497 e. The summed E-state index contributed by atoms with van der Waals surface area (Å²) in [5, 5.41) is 3.14. The van der Waals surface area contributed by atoms with E-state index in [1.54, 1.807) is 40.6 Å². The number of benzene rings is 2. The van der Waals surface area contributed by atoms with Gasteiger partial charge in [-0.15, -0.1) is 0 Å². The van der Waals surface area contributed by atoms with Crippen LogP contribution >= 0.6 is 0 Å². The number of halogens is 1. The Balaban J connectivity index is 0.00000149. The van der Waals surface area contributed by atoms with Gasteiger partial charge < -0.3 is 10.1 Å². The van der Waals surface area contributed by atoms with Crippen LogP contribution in [0.1, 0.15) is 32.8 Å². The number of hydrogen-bond donors (Lipinski definition) is 1. The zero-order chi connectivity index (χ0) is 23.8. The molecule has 4 aromatic rings. The average Bonchev–Trinajstić information content (AvgIpc) is 3.12. The second-order valence-corrected chi connectivity index (χ2v) is 7.14. The van der Waals surface area contributed by atoms with Gasteiger partial charge in [0.2, 0.25) is 5.95 Å². The Labute approximate surface area is 192 Å². The number of methoxy groups -OCH3 is 1. The number of imidazole rings is 1. The largest absolute Gasteiger partial charge is 0.497 e. The summed E-state index contributed by atoms with van der Waals surface area (Å²) in [6, 6.07) is 14.0. The number of rotatable bonds is 8. The molecule has 0 radical (unpaired) electrons. The highest BCUT2D eigenvalue weighted by molar-refractivity contribution is 5.74. The average molecular weight is 452 g/mol. The van der Waals surface area contributed by atoms with Crippen molar-refractivity contribution in [1.82, 2.24) is 19.1 Å². The fourth-order valence-electron chi connectivity index (χ4n) is 3.55. The molecule has 0 amide bonds. The van der Waals surface area contributed by atoms with Crippen molar-refractivity contribution in [3.8, 4) is 11.4 Å². The summed E-state index contributed by atoms with van der Waals surface area (Å²) in [6.07, 6.45) is 2.95. The molecule has 0 fully saturated rings. The van der Waals surface area contributed by atoms with E-state index in [1.807, 2.05) is 45.0 Å². The maximum Gasteiger partial charge on any atom is 0.335 e. The van der Waals surface area contributed by atoms with E-state index < -0.39 is 0 Å². The number of hydrogen-bond acceptors (Lipinski definition) is 5. The highest BCUT2D eigenvalue weighted by atomic mass is 19.1. The van der Waals surface area contributed by atoms with Crippen LogP contribution in [0.3, 0.4) is 0 Å². The van der Waals surface area contributed by atoms with Gasteiger partial charge in [0, 0.05) is 19.2 Å². The van der Waals surface area contributed by atoms with E-state index in [0.717, 1.165) is 6.42 Å². The van der Waals surface area contributed by atoms with Crippen LogP contribution in [0.25, 0.3) is 16.9 Å². The van der Waals surface area contributed by atoms with Crippen LogP contribution in [0.15, 0.2) is 59.5 Å². The normalized spacial score (nSPS) is 10.6. The van der Waals surface area contributed by atoms with Gasteiger partial charge >= 0.3 is 5.69 Å². The van der Waals surface area contributed by atoms with Crippen LogP contribution in [-0.4, -0.2) is 32.8 Å². The van der Waals surface area contributed by atoms with Gasteiger partial charge in [0.1, 0.15) is 17.1 Å². The molecule has 8 heteroatoms. The third-order valence-electron chi connectivity index (χ3n) is 5.07. The van der Waals surface area contributed by atoms with Gasteiger partial charge in [-0.1, -0.05) is 45.0 Å². The fraction of sp³-hybridized carbons (Fsp3) is 0.320. The van der Waals surface area contributed by atoms with E-state index in [1.165, 1.54) is 6.07 Å². The molecule has 174 valence electrons. The molecule has 0 spiro atoms. The van der Waals surface area contributed by atoms with Crippen LogP contribution in [0.5, 0.6) is 5.75 Å². The van der Waals surface area contributed by atoms with Crippen LogP contribution in [0.2, 0.25) is 0 Å². The summed E-state index contributed by atoms with van der Waals surface area (Å²) in [7, 11) is 1.59. The summed E-state index contributed by atoms with van der Waals surface area (Å²) in [6.45, 7) is 7.04. The lowest BCUT2D eigenvalue weighted by atomic mass is 10.1. The van der Waals surface area contributed by atoms with Gasteiger partial charge in [0.25, 0.3) is 0 Å². The predicted octanol–water partition coefficient (Wildman–Crippen LogP) is 4.82. The van der Waals surface area contributed by atoms with Gasteiger partial charge in [-0.05, 0) is 36.6 Å². The van der Waals surface area contributed by atoms with E-state index in [0.29, 0.717) is 53.6 Å². The highest BCUT2D eigenvalue weighted by Crippen LogP contribution is 2.21. The molecular weight excluding hydrogens is 421 g/mol.